The molecule has 2 rings (SSSR count). The second kappa shape index (κ2) is 6.39. The zero-order valence-electron chi connectivity index (χ0n) is 11.5. The van der Waals surface area contributed by atoms with Gasteiger partial charge in [-0.3, -0.25) is 4.72 Å². The molecule has 0 unspecified atom stereocenters. The van der Waals surface area contributed by atoms with Crippen LogP contribution < -0.4 is 10.0 Å². The highest BCUT2D eigenvalue weighted by molar-refractivity contribution is 9.10. The number of nitrogens with one attached hydrogen (secondary N) is 2. The molecule has 0 fully saturated rings. The third-order valence-corrected chi connectivity index (χ3v) is 5.08. The number of anilines is 1. The molecule has 0 aliphatic heterocycles. The van der Waals surface area contributed by atoms with Gasteiger partial charge < -0.3 is 9.88 Å². The summed E-state index contributed by atoms with van der Waals surface area (Å²) >= 11 is 9.30. The van der Waals surface area contributed by atoms with E-state index in [0.717, 1.165) is 10.2 Å². The van der Waals surface area contributed by atoms with Gasteiger partial charge in [-0.1, -0.05) is 27.5 Å². The Morgan fingerprint density at radius 1 is 1.33 bits per heavy atom. The molecule has 0 aliphatic carbocycles. The average molecular weight is 393 g/mol. The van der Waals surface area contributed by atoms with Crippen molar-refractivity contribution < 1.29 is 8.42 Å². The molecule has 1 heterocycles. The molecule has 114 valence electrons. The first-order valence-corrected chi connectivity index (χ1v) is 8.76. The second-order valence-corrected chi connectivity index (χ2v) is 7.54. The van der Waals surface area contributed by atoms with Crippen LogP contribution in [0.2, 0.25) is 5.02 Å². The third kappa shape index (κ3) is 3.79. The summed E-state index contributed by atoms with van der Waals surface area (Å²) in [5, 5.41) is 3.33. The lowest BCUT2D eigenvalue weighted by atomic mass is 10.3. The van der Waals surface area contributed by atoms with E-state index in [1.165, 1.54) is 0 Å². The van der Waals surface area contributed by atoms with E-state index in [4.69, 9.17) is 11.6 Å². The van der Waals surface area contributed by atoms with E-state index in [1.54, 1.807) is 49.1 Å². The van der Waals surface area contributed by atoms with Crippen LogP contribution in [0.3, 0.4) is 0 Å². The van der Waals surface area contributed by atoms with Gasteiger partial charge in [0.1, 0.15) is 4.90 Å². The Hall–Kier alpha value is -1.02. The Balaban J connectivity index is 2.34. The summed E-state index contributed by atoms with van der Waals surface area (Å²) < 4.78 is 29.9. The fourth-order valence-electron chi connectivity index (χ4n) is 1.86. The molecule has 5 nitrogen and oxygen atoms in total. The van der Waals surface area contributed by atoms with Crippen molar-refractivity contribution in [2.75, 3.05) is 11.8 Å². The first-order valence-electron chi connectivity index (χ1n) is 6.11. The number of aromatic nitrogens is 1. The van der Waals surface area contributed by atoms with E-state index >= 15 is 0 Å². The van der Waals surface area contributed by atoms with E-state index in [0.29, 0.717) is 17.3 Å². The van der Waals surface area contributed by atoms with E-state index < -0.39 is 10.0 Å². The molecule has 2 N–H and O–H groups in total. The Kier molecular flexibility index (Phi) is 4.98. The minimum atomic E-state index is -3.68. The maximum atomic E-state index is 12.4. The predicted octanol–water partition coefficient (Wildman–Crippen LogP) is 2.96. The number of sulfonamides is 1. The zero-order chi connectivity index (χ0) is 15.6. The van der Waals surface area contributed by atoms with E-state index in [1.807, 2.05) is 0 Å². The normalized spacial score (nSPS) is 11.6. The topological polar surface area (TPSA) is 63.1 Å². The van der Waals surface area contributed by atoms with Crippen LogP contribution in [-0.4, -0.2) is 20.0 Å². The van der Waals surface area contributed by atoms with Crippen LogP contribution in [0.5, 0.6) is 0 Å². The number of hydrogen-bond donors (Lipinski definition) is 2. The lowest BCUT2D eigenvalue weighted by Crippen LogP contribution is -2.12. The van der Waals surface area contributed by atoms with Crippen molar-refractivity contribution in [3.63, 3.8) is 0 Å². The van der Waals surface area contributed by atoms with Crippen LogP contribution in [-0.2, 0) is 23.6 Å². The maximum Gasteiger partial charge on any atom is 0.263 e. The van der Waals surface area contributed by atoms with Gasteiger partial charge in [0.25, 0.3) is 10.0 Å². The van der Waals surface area contributed by atoms with Gasteiger partial charge in [-0.2, -0.15) is 0 Å². The van der Waals surface area contributed by atoms with Crippen molar-refractivity contribution >= 4 is 43.2 Å². The van der Waals surface area contributed by atoms with Crippen LogP contribution in [0.1, 0.15) is 5.69 Å². The highest BCUT2D eigenvalue weighted by Crippen LogP contribution is 2.28. The Bertz CT molecular complexity index is 759. The number of nitrogens with zero attached hydrogens (tertiary/aromatic N) is 1. The highest BCUT2D eigenvalue weighted by Gasteiger charge is 2.19. The van der Waals surface area contributed by atoms with E-state index in [2.05, 4.69) is 26.0 Å². The first-order chi connectivity index (χ1) is 9.83. The van der Waals surface area contributed by atoms with Crippen LogP contribution >= 0.6 is 27.5 Å². The molecular formula is C13H15BrClN3O2S. The van der Waals surface area contributed by atoms with Crippen molar-refractivity contribution in [3.8, 4) is 0 Å². The molecule has 0 spiro atoms. The Morgan fingerprint density at radius 3 is 2.71 bits per heavy atom. The molecule has 0 radical (unpaired) electrons. The molecule has 8 heteroatoms. The zero-order valence-corrected chi connectivity index (χ0v) is 14.7. The SMILES string of the molecule is CNCc1cc(S(=O)(=O)Nc2cc(Br)ccc2Cl)cn1C. The van der Waals surface area contributed by atoms with Crippen LogP contribution in [0.25, 0.3) is 0 Å². The molecule has 0 saturated carbocycles. The van der Waals surface area contributed by atoms with E-state index in [9.17, 15) is 8.42 Å². The largest absolute Gasteiger partial charge is 0.352 e. The Morgan fingerprint density at radius 2 is 2.05 bits per heavy atom. The number of hydrogen-bond acceptors (Lipinski definition) is 3. The van der Waals surface area contributed by atoms with Crippen molar-refractivity contribution in [1.82, 2.24) is 9.88 Å². The average Bonchev–Trinajstić information content (AvgIpc) is 2.77. The fraction of sp³-hybridized carbons (Fsp3) is 0.231. The first kappa shape index (κ1) is 16.4. The standard InChI is InChI=1S/C13H15BrClN3O2S/c1-16-7-10-6-11(8-18(10)2)21(19,20)17-13-5-9(14)3-4-12(13)15/h3-6,8,16-17H,7H2,1-2H3. The maximum absolute atomic E-state index is 12.4. The summed E-state index contributed by atoms with van der Waals surface area (Å²) in [6.45, 7) is 0.587. The summed E-state index contributed by atoms with van der Waals surface area (Å²) in [6.07, 6.45) is 1.57. The van der Waals surface area contributed by atoms with Crippen LogP contribution in [0.15, 0.2) is 39.8 Å². The van der Waals surface area contributed by atoms with Crippen molar-refractivity contribution in [1.29, 1.82) is 0 Å². The lowest BCUT2D eigenvalue weighted by Gasteiger charge is -2.08. The van der Waals surface area contributed by atoms with Crippen molar-refractivity contribution in [3.05, 3.63) is 45.7 Å². The van der Waals surface area contributed by atoms with Gasteiger partial charge in [-0.15, -0.1) is 0 Å². The molecule has 0 aliphatic rings. The predicted molar refractivity (Wildman–Crippen MR) is 88.1 cm³/mol. The fourth-order valence-corrected chi connectivity index (χ4v) is 3.61. The number of halogens is 2. The molecule has 0 amide bonds. The molecule has 0 bridgehead atoms. The Labute approximate surface area is 137 Å². The molecular weight excluding hydrogens is 378 g/mol. The summed E-state index contributed by atoms with van der Waals surface area (Å²) in [6, 6.07) is 6.62. The van der Waals surface area contributed by atoms with Crippen LogP contribution in [0, 0.1) is 0 Å². The van der Waals surface area contributed by atoms with Gasteiger partial charge in [-0.05, 0) is 31.3 Å². The second-order valence-electron chi connectivity index (χ2n) is 4.54. The van der Waals surface area contributed by atoms with Gasteiger partial charge in [0.2, 0.25) is 0 Å². The molecule has 2 aromatic rings. The highest BCUT2D eigenvalue weighted by atomic mass is 79.9. The van der Waals surface area contributed by atoms with Gasteiger partial charge in [0, 0.05) is 30.0 Å². The summed E-state index contributed by atoms with van der Waals surface area (Å²) in [5.41, 5.74) is 1.21. The molecule has 0 saturated heterocycles. The molecule has 1 aromatic carbocycles. The third-order valence-electron chi connectivity index (χ3n) is 2.92. The summed E-state index contributed by atoms with van der Waals surface area (Å²) in [4.78, 5) is 0.200. The smallest absolute Gasteiger partial charge is 0.263 e. The van der Waals surface area contributed by atoms with Crippen LogP contribution in [0.4, 0.5) is 5.69 Å². The van der Waals surface area contributed by atoms with E-state index in [-0.39, 0.29) is 4.90 Å². The minimum Gasteiger partial charge on any atom is -0.352 e. The van der Waals surface area contributed by atoms with Gasteiger partial charge >= 0.3 is 0 Å². The summed E-state index contributed by atoms with van der Waals surface area (Å²) in [7, 11) is -0.0669. The molecule has 21 heavy (non-hydrogen) atoms. The number of aryl methyl sites for hydroxylation is 1. The quantitative estimate of drug-likeness (QED) is 0.822. The molecule has 0 atom stereocenters. The monoisotopic (exact) mass is 391 g/mol. The van der Waals surface area contributed by atoms with Gasteiger partial charge in [0.15, 0.2) is 0 Å². The lowest BCUT2D eigenvalue weighted by molar-refractivity contribution is 0.601. The van der Waals surface area contributed by atoms with Gasteiger partial charge in [0.05, 0.1) is 10.7 Å². The van der Waals surface area contributed by atoms with Gasteiger partial charge in [-0.25, -0.2) is 8.42 Å². The molecule has 1 aromatic heterocycles. The summed E-state index contributed by atoms with van der Waals surface area (Å²) in [5.74, 6) is 0. The number of benzene rings is 1. The van der Waals surface area contributed by atoms with Crippen molar-refractivity contribution in [2.24, 2.45) is 7.05 Å². The minimum absolute atomic E-state index is 0.200. The number of rotatable bonds is 5. The van der Waals surface area contributed by atoms with Crippen molar-refractivity contribution in [2.45, 2.75) is 11.4 Å².